The fraction of sp³-hybridized carbons (Fsp3) is 0.462. The van der Waals surface area contributed by atoms with E-state index in [9.17, 15) is 9.18 Å². The number of ketones is 1. The van der Waals surface area contributed by atoms with Gasteiger partial charge in [0.2, 0.25) is 0 Å². The van der Waals surface area contributed by atoms with Crippen molar-refractivity contribution in [1.29, 1.82) is 0 Å². The van der Waals surface area contributed by atoms with Crippen molar-refractivity contribution in [2.75, 3.05) is 13.1 Å². The summed E-state index contributed by atoms with van der Waals surface area (Å²) in [6, 6.07) is 6.86. The minimum atomic E-state index is -1.27. The fourth-order valence-electron chi connectivity index (χ4n) is 2.12. The summed E-state index contributed by atoms with van der Waals surface area (Å²) in [6.45, 7) is 2.77. The molecular weight excluding hydrogens is 205 g/mol. The quantitative estimate of drug-likeness (QED) is 0.777. The van der Waals surface area contributed by atoms with Gasteiger partial charge in [-0.25, -0.2) is 4.39 Å². The summed E-state index contributed by atoms with van der Waals surface area (Å²) < 4.78 is 14.5. The first-order chi connectivity index (χ1) is 7.62. The summed E-state index contributed by atoms with van der Waals surface area (Å²) in [4.78, 5) is 11.1. The molecule has 0 spiro atoms. The van der Waals surface area contributed by atoms with Gasteiger partial charge < -0.3 is 5.32 Å². The van der Waals surface area contributed by atoms with Crippen LogP contribution in [0.3, 0.4) is 0 Å². The van der Waals surface area contributed by atoms with Crippen LogP contribution < -0.4 is 5.32 Å². The summed E-state index contributed by atoms with van der Waals surface area (Å²) in [7, 11) is 0. The number of Topliss-reactive ketones (excluding diaryl/α,β-unsaturated/α-hetero) is 1. The molecule has 0 aliphatic carbocycles. The molecule has 0 saturated carbocycles. The van der Waals surface area contributed by atoms with Crippen LogP contribution in [-0.2, 0) is 5.67 Å². The number of halogens is 1. The molecule has 0 amide bonds. The molecule has 1 aliphatic heterocycles. The van der Waals surface area contributed by atoms with Crippen LogP contribution in [-0.4, -0.2) is 18.9 Å². The maximum atomic E-state index is 14.5. The largest absolute Gasteiger partial charge is 0.313 e. The number of alkyl halides is 1. The van der Waals surface area contributed by atoms with Crippen LogP contribution in [0.2, 0.25) is 0 Å². The molecule has 1 heterocycles. The lowest BCUT2D eigenvalue weighted by atomic mass is 9.88. The fourth-order valence-corrected chi connectivity index (χ4v) is 2.12. The van der Waals surface area contributed by atoms with E-state index in [-0.39, 0.29) is 5.78 Å². The molecule has 1 saturated heterocycles. The van der Waals surface area contributed by atoms with Crippen molar-refractivity contribution in [2.24, 2.45) is 0 Å². The van der Waals surface area contributed by atoms with Crippen molar-refractivity contribution >= 4 is 5.78 Å². The number of benzene rings is 1. The standard InChI is InChI=1S/C13H16FNO/c1-10(16)11-3-5-12(6-4-11)13(14)7-2-8-15-9-13/h3-6,15H,2,7-9H2,1H3. The normalized spacial score (nSPS) is 25.4. The van der Waals surface area contributed by atoms with Crippen LogP contribution in [0.15, 0.2) is 24.3 Å². The SMILES string of the molecule is CC(=O)c1ccc(C2(F)CCCNC2)cc1. The molecule has 86 valence electrons. The molecule has 16 heavy (non-hydrogen) atoms. The topological polar surface area (TPSA) is 29.1 Å². The Labute approximate surface area is 94.9 Å². The van der Waals surface area contributed by atoms with Crippen LogP contribution in [0.25, 0.3) is 0 Å². The summed E-state index contributed by atoms with van der Waals surface area (Å²) in [6.07, 6.45) is 1.41. The maximum absolute atomic E-state index is 14.5. The Morgan fingerprint density at radius 3 is 2.56 bits per heavy atom. The van der Waals surface area contributed by atoms with E-state index in [2.05, 4.69) is 5.32 Å². The number of carbonyl (C=O) groups excluding carboxylic acids is 1. The smallest absolute Gasteiger partial charge is 0.159 e. The lowest BCUT2D eigenvalue weighted by molar-refractivity contribution is 0.101. The predicted octanol–water partition coefficient (Wildman–Crippen LogP) is 2.44. The van der Waals surface area contributed by atoms with E-state index in [1.807, 2.05) is 0 Å². The Balaban J connectivity index is 2.23. The van der Waals surface area contributed by atoms with Crippen molar-refractivity contribution in [3.63, 3.8) is 0 Å². The number of nitrogens with one attached hydrogen (secondary N) is 1. The van der Waals surface area contributed by atoms with E-state index < -0.39 is 5.67 Å². The molecule has 1 aromatic rings. The lowest BCUT2D eigenvalue weighted by Crippen LogP contribution is -2.40. The Morgan fingerprint density at radius 1 is 1.38 bits per heavy atom. The molecule has 1 N–H and O–H groups in total. The van der Waals surface area contributed by atoms with Crippen LogP contribution >= 0.6 is 0 Å². The van der Waals surface area contributed by atoms with E-state index in [4.69, 9.17) is 0 Å². The van der Waals surface area contributed by atoms with Gasteiger partial charge in [-0.2, -0.15) is 0 Å². The average molecular weight is 221 g/mol. The monoisotopic (exact) mass is 221 g/mol. The second-order valence-electron chi connectivity index (χ2n) is 4.38. The molecule has 1 aliphatic rings. The molecule has 1 aromatic carbocycles. The number of piperidine rings is 1. The van der Waals surface area contributed by atoms with Gasteiger partial charge in [-0.05, 0) is 31.9 Å². The zero-order valence-corrected chi connectivity index (χ0v) is 9.42. The molecule has 0 aromatic heterocycles. The minimum Gasteiger partial charge on any atom is -0.313 e. The average Bonchev–Trinajstić information content (AvgIpc) is 2.30. The van der Waals surface area contributed by atoms with Gasteiger partial charge in [0.05, 0.1) is 0 Å². The summed E-state index contributed by atoms with van der Waals surface area (Å²) in [5.74, 6) is 0.0150. The zero-order chi connectivity index (χ0) is 11.6. The second-order valence-corrected chi connectivity index (χ2v) is 4.38. The second kappa shape index (κ2) is 4.34. The predicted molar refractivity (Wildman–Crippen MR) is 61.3 cm³/mol. The van der Waals surface area contributed by atoms with E-state index in [0.717, 1.165) is 13.0 Å². The number of rotatable bonds is 2. The molecule has 1 atom stereocenters. The summed E-state index contributed by atoms with van der Waals surface area (Å²) in [5.41, 5.74) is 0.0360. The summed E-state index contributed by atoms with van der Waals surface area (Å²) >= 11 is 0. The highest BCUT2D eigenvalue weighted by molar-refractivity contribution is 5.94. The van der Waals surface area contributed by atoms with E-state index in [0.29, 0.717) is 24.1 Å². The van der Waals surface area contributed by atoms with Gasteiger partial charge in [0.25, 0.3) is 0 Å². The highest BCUT2D eigenvalue weighted by Gasteiger charge is 2.33. The Morgan fingerprint density at radius 2 is 2.06 bits per heavy atom. The van der Waals surface area contributed by atoms with Crippen LogP contribution in [0.4, 0.5) is 4.39 Å². The third kappa shape index (κ3) is 2.14. The first-order valence-electron chi connectivity index (χ1n) is 5.63. The van der Waals surface area contributed by atoms with Crippen molar-refractivity contribution in [2.45, 2.75) is 25.4 Å². The molecule has 1 fully saturated rings. The molecule has 2 rings (SSSR count). The van der Waals surface area contributed by atoms with E-state index in [1.54, 1.807) is 24.3 Å². The first-order valence-corrected chi connectivity index (χ1v) is 5.63. The molecule has 3 heteroatoms. The van der Waals surface area contributed by atoms with Crippen molar-refractivity contribution < 1.29 is 9.18 Å². The van der Waals surface area contributed by atoms with Gasteiger partial charge in [-0.15, -0.1) is 0 Å². The Bertz CT molecular complexity index is 379. The lowest BCUT2D eigenvalue weighted by Gasteiger charge is -2.30. The van der Waals surface area contributed by atoms with Gasteiger partial charge in [0.15, 0.2) is 5.78 Å². The molecule has 0 bridgehead atoms. The van der Waals surface area contributed by atoms with Gasteiger partial charge in [-0.3, -0.25) is 4.79 Å². The number of hydrogen-bond acceptors (Lipinski definition) is 2. The first kappa shape index (κ1) is 11.3. The van der Waals surface area contributed by atoms with E-state index in [1.165, 1.54) is 6.92 Å². The van der Waals surface area contributed by atoms with Gasteiger partial charge in [0.1, 0.15) is 5.67 Å². The van der Waals surface area contributed by atoms with Gasteiger partial charge >= 0.3 is 0 Å². The van der Waals surface area contributed by atoms with Crippen molar-refractivity contribution in [3.8, 4) is 0 Å². The molecule has 2 nitrogen and oxygen atoms in total. The third-order valence-corrected chi connectivity index (χ3v) is 3.14. The number of hydrogen-bond donors (Lipinski definition) is 1. The van der Waals surface area contributed by atoms with Gasteiger partial charge in [-0.1, -0.05) is 24.3 Å². The highest BCUT2D eigenvalue weighted by atomic mass is 19.1. The minimum absolute atomic E-state index is 0.0150. The molecule has 0 radical (unpaired) electrons. The van der Waals surface area contributed by atoms with Crippen LogP contribution in [0.1, 0.15) is 35.7 Å². The van der Waals surface area contributed by atoms with Crippen LogP contribution in [0, 0.1) is 0 Å². The maximum Gasteiger partial charge on any atom is 0.159 e. The van der Waals surface area contributed by atoms with Crippen molar-refractivity contribution in [1.82, 2.24) is 5.32 Å². The van der Waals surface area contributed by atoms with Crippen molar-refractivity contribution in [3.05, 3.63) is 35.4 Å². The third-order valence-electron chi connectivity index (χ3n) is 3.14. The highest BCUT2D eigenvalue weighted by Crippen LogP contribution is 2.32. The summed E-state index contributed by atoms with van der Waals surface area (Å²) in [5, 5.41) is 3.07. The number of carbonyl (C=O) groups is 1. The Kier molecular flexibility index (Phi) is 3.06. The molecule has 1 unspecified atom stereocenters. The van der Waals surface area contributed by atoms with E-state index >= 15 is 0 Å². The molecular formula is C13H16FNO. The van der Waals surface area contributed by atoms with Crippen LogP contribution in [0.5, 0.6) is 0 Å². The Hall–Kier alpha value is -1.22. The van der Waals surface area contributed by atoms with Gasteiger partial charge in [0, 0.05) is 12.1 Å². The zero-order valence-electron chi connectivity index (χ0n) is 9.42.